The Hall–Kier alpha value is -1.22. The number of halogens is 1. The van der Waals surface area contributed by atoms with Crippen LogP contribution in [0.2, 0.25) is 5.15 Å². The molecule has 0 radical (unpaired) electrons. The van der Waals surface area contributed by atoms with Crippen LogP contribution in [-0.2, 0) is 4.74 Å². The molecule has 1 aromatic rings. The topological polar surface area (TPSA) is 34.2 Å². The Bertz CT molecular complexity index is 429. The highest BCUT2D eigenvalue weighted by molar-refractivity contribution is 6.29. The second-order valence-electron chi connectivity index (χ2n) is 4.41. The first-order valence-corrected chi connectivity index (χ1v) is 6.30. The quantitative estimate of drug-likeness (QED) is 0.833. The van der Waals surface area contributed by atoms with Crippen LogP contribution >= 0.6 is 11.6 Å². The fourth-order valence-corrected chi connectivity index (χ4v) is 1.96. The molecule has 0 spiro atoms. The van der Waals surface area contributed by atoms with Gasteiger partial charge in [0.1, 0.15) is 10.9 Å². The average molecular weight is 253 g/mol. The summed E-state index contributed by atoms with van der Waals surface area (Å²) in [6.07, 6.45) is 6.01. The summed E-state index contributed by atoms with van der Waals surface area (Å²) in [5, 5.41) is 3.86. The molecule has 1 aliphatic heterocycles. The van der Waals surface area contributed by atoms with Crippen molar-refractivity contribution in [2.45, 2.75) is 32.7 Å². The molecule has 2 heterocycles. The summed E-state index contributed by atoms with van der Waals surface area (Å²) in [6, 6.07) is 2.19. The van der Waals surface area contributed by atoms with Crippen molar-refractivity contribution in [1.82, 2.24) is 4.98 Å². The lowest BCUT2D eigenvalue weighted by Gasteiger charge is -2.19. The number of pyridine rings is 1. The van der Waals surface area contributed by atoms with Crippen LogP contribution in [0.4, 0.5) is 5.69 Å². The minimum atomic E-state index is 0.344. The molecule has 0 bridgehead atoms. The van der Waals surface area contributed by atoms with Gasteiger partial charge in [0, 0.05) is 17.9 Å². The van der Waals surface area contributed by atoms with E-state index in [9.17, 15) is 0 Å². The summed E-state index contributed by atoms with van der Waals surface area (Å²) < 4.78 is 5.66. The fourth-order valence-electron chi connectivity index (χ4n) is 1.80. The second kappa shape index (κ2) is 5.41. The highest BCUT2D eigenvalue weighted by atomic mass is 35.5. The number of nitrogens with zero attached hydrogens (tertiary/aromatic N) is 1. The minimum absolute atomic E-state index is 0.344. The fraction of sp³-hybridized carbons (Fsp3) is 0.462. The third kappa shape index (κ3) is 3.13. The van der Waals surface area contributed by atoms with Crippen molar-refractivity contribution in [2.75, 3.05) is 11.9 Å². The maximum absolute atomic E-state index is 5.93. The van der Waals surface area contributed by atoms with Crippen molar-refractivity contribution in [3.8, 4) is 0 Å². The Morgan fingerprint density at radius 1 is 1.47 bits per heavy atom. The van der Waals surface area contributed by atoms with Crippen LogP contribution in [0.1, 0.15) is 32.3 Å². The van der Waals surface area contributed by atoms with E-state index in [1.54, 1.807) is 6.20 Å². The van der Waals surface area contributed by atoms with E-state index in [1.165, 1.54) is 0 Å². The molecule has 0 aliphatic carbocycles. The summed E-state index contributed by atoms with van der Waals surface area (Å²) >= 11 is 5.93. The smallest absolute Gasteiger partial charge is 0.131 e. The first-order valence-electron chi connectivity index (χ1n) is 5.92. The largest absolute Gasteiger partial charge is 0.493 e. The van der Waals surface area contributed by atoms with E-state index in [0.29, 0.717) is 11.2 Å². The summed E-state index contributed by atoms with van der Waals surface area (Å²) in [4.78, 5) is 4.13. The van der Waals surface area contributed by atoms with Crippen LogP contribution in [0, 0.1) is 0 Å². The van der Waals surface area contributed by atoms with Gasteiger partial charge < -0.3 is 10.1 Å². The third-order valence-corrected chi connectivity index (χ3v) is 2.72. The van der Waals surface area contributed by atoms with Crippen LogP contribution in [0.5, 0.6) is 0 Å². The number of anilines is 1. The Balaban J connectivity index is 2.34. The SMILES string of the molecule is CC(C)Nc1cc(Cl)ncc1C1=CCCCO1. The molecule has 4 heteroatoms. The number of ether oxygens (including phenoxy) is 1. The van der Waals surface area contributed by atoms with Gasteiger partial charge in [-0.2, -0.15) is 0 Å². The van der Waals surface area contributed by atoms with Crippen molar-refractivity contribution < 1.29 is 4.74 Å². The predicted molar refractivity (Wildman–Crippen MR) is 71.2 cm³/mol. The van der Waals surface area contributed by atoms with Gasteiger partial charge in [0.2, 0.25) is 0 Å². The molecule has 0 fully saturated rings. The van der Waals surface area contributed by atoms with Crippen LogP contribution in [0.15, 0.2) is 18.3 Å². The molecule has 1 aromatic heterocycles. The monoisotopic (exact) mass is 252 g/mol. The first-order chi connectivity index (χ1) is 8.16. The lowest BCUT2D eigenvalue weighted by atomic mass is 10.1. The highest BCUT2D eigenvalue weighted by Crippen LogP contribution is 2.29. The van der Waals surface area contributed by atoms with Gasteiger partial charge in [0.05, 0.1) is 12.2 Å². The predicted octanol–water partition coefficient (Wildman–Crippen LogP) is 3.71. The van der Waals surface area contributed by atoms with E-state index in [4.69, 9.17) is 16.3 Å². The maximum atomic E-state index is 5.93. The zero-order valence-corrected chi connectivity index (χ0v) is 10.9. The number of aromatic nitrogens is 1. The van der Waals surface area contributed by atoms with E-state index in [-0.39, 0.29) is 0 Å². The number of allylic oxidation sites excluding steroid dienone is 1. The number of hydrogen-bond acceptors (Lipinski definition) is 3. The lowest BCUT2D eigenvalue weighted by Crippen LogP contribution is -2.12. The van der Waals surface area contributed by atoms with Gasteiger partial charge in [-0.1, -0.05) is 11.6 Å². The number of rotatable bonds is 3. The van der Waals surface area contributed by atoms with Gasteiger partial charge in [-0.25, -0.2) is 4.98 Å². The van der Waals surface area contributed by atoms with E-state index in [0.717, 1.165) is 36.5 Å². The van der Waals surface area contributed by atoms with E-state index >= 15 is 0 Å². The molecule has 3 nitrogen and oxygen atoms in total. The summed E-state index contributed by atoms with van der Waals surface area (Å²) in [7, 11) is 0. The summed E-state index contributed by atoms with van der Waals surface area (Å²) in [5.74, 6) is 0.906. The highest BCUT2D eigenvalue weighted by Gasteiger charge is 2.13. The van der Waals surface area contributed by atoms with Gasteiger partial charge in [-0.15, -0.1) is 0 Å². The van der Waals surface area contributed by atoms with Crippen molar-refractivity contribution in [3.05, 3.63) is 29.1 Å². The Morgan fingerprint density at radius 2 is 2.29 bits per heavy atom. The number of nitrogens with one attached hydrogen (secondary N) is 1. The second-order valence-corrected chi connectivity index (χ2v) is 4.80. The van der Waals surface area contributed by atoms with Crippen molar-refractivity contribution in [3.63, 3.8) is 0 Å². The summed E-state index contributed by atoms with van der Waals surface area (Å²) in [5.41, 5.74) is 1.97. The number of hydrogen-bond donors (Lipinski definition) is 1. The van der Waals surface area contributed by atoms with Gasteiger partial charge in [0.25, 0.3) is 0 Å². The molecule has 2 rings (SSSR count). The molecule has 17 heavy (non-hydrogen) atoms. The van der Waals surface area contributed by atoms with E-state index in [1.807, 2.05) is 6.07 Å². The molecule has 1 aliphatic rings. The van der Waals surface area contributed by atoms with Crippen molar-refractivity contribution in [2.24, 2.45) is 0 Å². The molecule has 0 aromatic carbocycles. The molecular weight excluding hydrogens is 236 g/mol. The maximum Gasteiger partial charge on any atom is 0.131 e. The van der Waals surface area contributed by atoms with Gasteiger partial charge >= 0.3 is 0 Å². The average Bonchev–Trinajstić information content (AvgIpc) is 2.29. The van der Waals surface area contributed by atoms with Gasteiger partial charge in [-0.05, 0) is 38.8 Å². The third-order valence-electron chi connectivity index (χ3n) is 2.52. The van der Waals surface area contributed by atoms with Crippen LogP contribution < -0.4 is 5.32 Å². The Morgan fingerprint density at radius 3 is 2.94 bits per heavy atom. The lowest BCUT2D eigenvalue weighted by molar-refractivity contribution is 0.259. The molecule has 0 unspecified atom stereocenters. The minimum Gasteiger partial charge on any atom is -0.493 e. The zero-order chi connectivity index (χ0) is 12.3. The molecule has 92 valence electrons. The summed E-state index contributed by atoms with van der Waals surface area (Å²) in [6.45, 7) is 4.96. The zero-order valence-electron chi connectivity index (χ0n) is 10.2. The molecule has 1 N–H and O–H groups in total. The van der Waals surface area contributed by atoms with Crippen LogP contribution in [-0.4, -0.2) is 17.6 Å². The molecule has 0 saturated heterocycles. The standard InChI is InChI=1S/C13H17ClN2O/c1-9(2)16-11-7-13(14)15-8-10(11)12-5-3-4-6-17-12/h5,7-9H,3-4,6H2,1-2H3,(H,15,16). The van der Waals surface area contributed by atoms with E-state index < -0.39 is 0 Å². The van der Waals surface area contributed by atoms with Gasteiger partial charge in [0.15, 0.2) is 0 Å². The molecule has 0 atom stereocenters. The van der Waals surface area contributed by atoms with Crippen LogP contribution in [0.25, 0.3) is 5.76 Å². The normalized spacial score (nSPS) is 15.4. The molecular formula is C13H17ClN2O. The molecule has 0 amide bonds. The van der Waals surface area contributed by atoms with Crippen LogP contribution in [0.3, 0.4) is 0 Å². The Kier molecular flexibility index (Phi) is 3.89. The Labute approximate surface area is 107 Å². The van der Waals surface area contributed by atoms with E-state index in [2.05, 4.69) is 30.2 Å². The van der Waals surface area contributed by atoms with Gasteiger partial charge in [-0.3, -0.25) is 0 Å². The van der Waals surface area contributed by atoms with Crippen molar-refractivity contribution >= 4 is 23.0 Å². The van der Waals surface area contributed by atoms with Crippen molar-refractivity contribution in [1.29, 1.82) is 0 Å². The first kappa shape index (κ1) is 12.2. The molecule has 0 saturated carbocycles.